The summed E-state index contributed by atoms with van der Waals surface area (Å²) in [5.74, 6) is 2.58. The summed E-state index contributed by atoms with van der Waals surface area (Å²) in [5.41, 5.74) is 5.53. The van der Waals surface area contributed by atoms with Crippen molar-refractivity contribution in [3.8, 4) is 0 Å². The van der Waals surface area contributed by atoms with Gasteiger partial charge in [0.15, 0.2) is 0 Å². The normalized spacial score (nSPS) is 24.0. The largest absolute Gasteiger partial charge is 0.383 e. The Kier molecular flexibility index (Phi) is 7.44. The van der Waals surface area contributed by atoms with Crippen LogP contribution in [-0.2, 0) is 4.74 Å². The first-order valence-corrected chi connectivity index (χ1v) is 7.05. The van der Waals surface area contributed by atoms with Gasteiger partial charge in [0.1, 0.15) is 0 Å². The van der Waals surface area contributed by atoms with Crippen molar-refractivity contribution in [2.45, 2.75) is 37.8 Å². The lowest BCUT2D eigenvalue weighted by Gasteiger charge is -2.28. The van der Waals surface area contributed by atoms with Crippen LogP contribution < -0.4 is 11.1 Å². The van der Waals surface area contributed by atoms with Crippen molar-refractivity contribution in [1.82, 2.24) is 5.32 Å². The fourth-order valence-electron chi connectivity index (χ4n) is 1.99. The van der Waals surface area contributed by atoms with Gasteiger partial charge < -0.3 is 15.8 Å². The SMILES string of the molecule is COCC(CCCN)NC1CCCSC1. The molecule has 1 aliphatic rings. The van der Waals surface area contributed by atoms with E-state index in [-0.39, 0.29) is 0 Å². The highest BCUT2D eigenvalue weighted by Crippen LogP contribution is 2.17. The molecular formula is C11H24N2OS. The minimum Gasteiger partial charge on any atom is -0.383 e. The van der Waals surface area contributed by atoms with Crippen LogP contribution in [0, 0.1) is 0 Å². The molecule has 2 atom stereocenters. The highest BCUT2D eigenvalue weighted by atomic mass is 32.2. The molecule has 1 aliphatic heterocycles. The van der Waals surface area contributed by atoms with Crippen LogP contribution in [0.3, 0.4) is 0 Å². The number of nitrogens with one attached hydrogen (secondary N) is 1. The van der Waals surface area contributed by atoms with E-state index in [0.717, 1.165) is 26.0 Å². The van der Waals surface area contributed by atoms with Crippen molar-refractivity contribution in [1.29, 1.82) is 0 Å². The number of methoxy groups -OCH3 is 1. The molecule has 0 aliphatic carbocycles. The maximum absolute atomic E-state index is 5.53. The molecule has 90 valence electrons. The fourth-order valence-corrected chi connectivity index (χ4v) is 3.07. The zero-order valence-electron chi connectivity index (χ0n) is 9.71. The summed E-state index contributed by atoms with van der Waals surface area (Å²) in [5, 5.41) is 3.69. The Morgan fingerprint density at radius 3 is 3.07 bits per heavy atom. The van der Waals surface area contributed by atoms with Crippen LogP contribution in [0.2, 0.25) is 0 Å². The number of thioether (sulfide) groups is 1. The van der Waals surface area contributed by atoms with Crippen molar-refractivity contribution in [2.24, 2.45) is 5.73 Å². The number of hydrogen-bond acceptors (Lipinski definition) is 4. The molecular weight excluding hydrogens is 208 g/mol. The van der Waals surface area contributed by atoms with Gasteiger partial charge in [-0.25, -0.2) is 0 Å². The van der Waals surface area contributed by atoms with E-state index in [4.69, 9.17) is 10.5 Å². The van der Waals surface area contributed by atoms with E-state index in [0.29, 0.717) is 12.1 Å². The second-order valence-corrected chi connectivity index (χ2v) is 5.31. The van der Waals surface area contributed by atoms with Gasteiger partial charge in [-0.3, -0.25) is 0 Å². The summed E-state index contributed by atoms with van der Waals surface area (Å²) in [6.45, 7) is 1.59. The standard InChI is InChI=1S/C11H24N2OS/c1-14-8-10(4-2-6-12)13-11-5-3-7-15-9-11/h10-11,13H,2-9,12H2,1H3. The molecule has 0 saturated carbocycles. The van der Waals surface area contributed by atoms with Crippen molar-refractivity contribution >= 4 is 11.8 Å². The van der Waals surface area contributed by atoms with Gasteiger partial charge in [-0.05, 0) is 38.0 Å². The predicted molar refractivity (Wildman–Crippen MR) is 67.4 cm³/mol. The number of ether oxygens (including phenoxy) is 1. The van der Waals surface area contributed by atoms with Gasteiger partial charge >= 0.3 is 0 Å². The third-order valence-electron chi connectivity index (χ3n) is 2.76. The molecule has 15 heavy (non-hydrogen) atoms. The molecule has 0 bridgehead atoms. The molecule has 0 radical (unpaired) electrons. The summed E-state index contributed by atoms with van der Waals surface area (Å²) in [6, 6.07) is 1.17. The average molecular weight is 232 g/mol. The lowest BCUT2D eigenvalue weighted by molar-refractivity contribution is 0.156. The minimum absolute atomic E-state index is 0.488. The number of hydrogen-bond donors (Lipinski definition) is 2. The van der Waals surface area contributed by atoms with Crippen LogP contribution in [0.25, 0.3) is 0 Å². The van der Waals surface area contributed by atoms with E-state index < -0.39 is 0 Å². The molecule has 1 saturated heterocycles. The van der Waals surface area contributed by atoms with Crippen LogP contribution in [0.4, 0.5) is 0 Å². The molecule has 3 N–H and O–H groups in total. The Hall–Kier alpha value is 0.230. The van der Waals surface area contributed by atoms with E-state index in [1.807, 2.05) is 0 Å². The van der Waals surface area contributed by atoms with Crippen LogP contribution >= 0.6 is 11.8 Å². The summed E-state index contributed by atoms with van der Waals surface area (Å²) in [7, 11) is 1.77. The number of rotatable bonds is 7. The zero-order valence-corrected chi connectivity index (χ0v) is 10.5. The average Bonchev–Trinajstić information content (AvgIpc) is 2.28. The smallest absolute Gasteiger partial charge is 0.0615 e. The monoisotopic (exact) mass is 232 g/mol. The molecule has 1 heterocycles. The van der Waals surface area contributed by atoms with Crippen molar-refractivity contribution in [3.05, 3.63) is 0 Å². The molecule has 0 amide bonds. The van der Waals surface area contributed by atoms with Crippen LogP contribution in [0.15, 0.2) is 0 Å². The van der Waals surface area contributed by atoms with Gasteiger partial charge in [-0.15, -0.1) is 0 Å². The van der Waals surface area contributed by atoms with Crippen molar-refractivity contribution in [3.63, 3.8) is 0 Å². The van der Waals surface area contributed by atoms with Crippen molar-refractivity contribution < 1.29 is 4.74 Å². The highest BCUT2D eigenvalue weighted by Gasteiger charge is 2.17. The molecule has 0 spiro atoms. The summed E-state index contributed by atoms with van der Waals surface area (Å²) in [6.07, 6.45) is 4.88. The van der Waals surface area contributed by atoms with Gasteiger partial charge in [0.25, 0.3) is 0 Å². The van der Waals surface area contributed by atoms with E-state index >= 15 is 0 Å². The summed E-state index contributed by atoms with van der Waals surface area (Å²) >= 11 is 2.06. The molecule has 3 nitrogen and oxygen atoms in total. The second-order valence-electron chi connectivity index (χ2n) is 4.16. The Balaban J connectivity index is 2.21. The van der Waals surface area contributed by atoms with Gasteiger partial charge in [-0.2, -0.15) is 11.8 Å². The molecule has 1 fully saturated rings. The molecule has 0 aromatic heterocycles. The Morgan fingerprint density at radius 1 is 1.60 bits per heavy atom. The Labute approximate surface area is 97.5 Å². The molecule has 1 rings (SSSR count). The van der Waals surface area contributed by atoms with E-state index in [1.54, 1.807) is 7.11 Å². The number of nitrogens with two attached hydrogens (primary N) is 1. The quantitative estimate of drug-likeness (QED) is 0.693. The first-order chi connectivity index (χ1) is 7.36. The van der Waals surface area contributed by atoms with Gasteiger partial charge in [-0.1, -0.05) is 0 Å². The van der Waals surface area contributed by atoms with E-state index in [1.165, 1.54) is 24.3 Å². The molecule has 2 unspecified atom stereocenters. The molecule has 4 heteroatoms. The zero-order chi connectivity index (χ0) is 10.9. The van der Waals surface area contributed by atoms with Crippen molar-refractivity contribution in [2.75, 3.05) is 31.8 Å². The molecule has 0 aromatic rings. The van der Waals surface area contributed by atoms with Crippen LogP contribution in [-0.4, -0.2) is 43.9 Å². The third-order valence-corrected chi connectivity index (χ3v) is 3.97. The van der Waals surface area contributed by atoms with E-state index in [9.17, 15) is 0 Å². The highest BCUT2D eigenvalue weighted by molar-refractivity contribution is 7.99. The first-order valence-electron chi connectivity index (χ1n) is 5.89. The van der Waals surface area contributed by atoms with E-state index in [2.05, 4.69) is 17.1 Å². The Bertz CT molecular complexity index is 152. The van der Waals surface area contributed by atoms with Crippen LogP contribution in [0.5, 0.6) is 0 Å². The lowest BCUT2D eigenvalue weighted by Crippen LogP contribution is -2.43. The maximum atomic E-state index is 5.53. The van der Waals surface area contributed by atoms with Gasteiger partial charge in [0, 0.05) is 24.9 Å². The lowest BCUT2D eigenvalue weighted by atomic mass is 10.1. The van der Waals surface area contributed by atoms with Crippen LogP contribution in [0.1, 0.15) is 25.7 Å². The minimum atomic E-state index is 0.488. The second kappa shape index (κ2) is 8.39. The third kappa shape index (κ3) is 5.76. The predicted octanol–water partition coefficient (Wildman–Crippen LogP) is 1.23. The first kappa shape index (κ1) is 13.3. The summed E-state index contributed by atoms with van der Waals surface area (Å²) in [4.78, 5) is 0. The Morgan fingerprint density at radius 2 is 2.47 bits per heavy atom. The summed E-state index contributed by atoms with van der Waals surface area (Å²) < 4.78 is 5.23. The van der Waals surface area contributed by atoms with Gasteiger partial charge in [0.05, 0.1) is 6.61 Å². The van der Waals surface area contributed by atoms with Gasteiger partial charge in [0.2, 0.25) is 0 Å². The topological polar surface area (TPSA) is 47.3 Å². The molecule has 0 aromatic carbocycles. The fraction of sp³-hybridized carbons (Fsp3) is 1.00. The maximum Gasteiger partial charge on any atom is 0.0615 e.